The van der Waals surface area contributed by atoms with Crippen molar-refractivity contribution >= 4 is 34.0 Å². The Morgan fingerprint density at radius 1 is 1.46 bits per heavy atom. The summed E-state index contributed by atoms with van der Waals surface area (Å²) in [6.07, 6.45) is 0. The number of aliphatic imine (C=N–C) groups is 1. The van der Waals surface area contributed by atoms with Crippen molar-refractivity contribution < 1.29 is 19.2 Å². The first-order valence-electron chi connectivity index (χ1n) is 7.06. The molecule has 0 aliphatic carbocycles. The lowest BCUT2D eigenvalue weighted by atomic mass is 10.1. The number of non-ortho nitro benzene ring substituents is 1. The summed E-state index contributed by atoms with van der Waals surface area (Å²) >= 11 is 1.15. The third-order valence-electron chi connectivity index (χ3n) is 3.19. The van der Waals surface area contributed by atoms with E-state index in [1.165, 1.54) is 19.2 Å². The number of nitrogens with zero attached hydrogens (tertiary/aromatic N) is 2. The maximum atomic E-state index is 12.4. The van der Waals surface area contributed by atoms with Gasteiger partial charge in [-0.2, -0.15) is 0 Å². The molecule has 0 aromatic heterocycles. The highest BCUT2D eigenvalue weighted by Crippen LogP contribution is 2.38. The summed E-state index contributed by atoms with van der Waals surface area (Å²) in [5.74, 6) is -0.561. The number of rotatable bonds is 6. The van der Waals surface area contributed by atoms with Crippen LogP contribution in [0.5, 0.6) is 0 Å². The van der Waals surface area contributed by atoms with Crippen LogP contribution < -0.4 is 5.73 Å². The third-order valence-corrected chi connectivity index (χ3v) is 4.21. The smallest absolute Gasteiger partial charge is 0.341 e. The fourth-order valence-corrected chi connectivity index (χ4v) is 3.19. The summed E-state index contributed by atoms with van der Waals surface area (Å²) in [4.78, 5) is 27.6. The Morgan fingerprint density at radius 2 is 2.21 bits per heavy atom. The van der Waals surface area contributed by atoms with Crippen LogP contribution in [0.25, 0.3) is 4.91 Å². The number of hydrogen-bond donors (Lipinski definition) is 1. The van der Waals surface area contributed by atoms with E-state index in [0.29, 0.717) is 16.2 Å². The molecule has 8 nitrogen and oxygen atoms in total. The molecule has 2 rings (SSSR count). The predicted octanol–water partition coefficient (Wildman–Crippen LogP) is 1.95. The van der Waals surface area contributed by atoms with E-state index in [-0.39, 0.29) is 24.5 Å². The third kappa shape index (κ3) is 4.19. The fourth-order valence-electron chi connectivity index (χ4n) is 2.13. The number of ether oxygens (including phenoxy) is 2. The summed E-state index contributed by atoms with van der Waals surface area (Å²) in [5.41, 5.74) is 6.44. The molecule has 0 fully saturated rings. The highest BCUT2D eigenvalue weighted by molar-refractivity contribution is 8.09. The molecular formula is C15H17N3O5S. The van der Waals surface area contributed by atoms with Crippen molar-refractivity contribution in [2.24, 2.45) is 10.7 Å². The lowest BCUT2D eigenvalue weighted by Crippen LogP contribution is -2.25. The highest BCUT2D eigenvalue weighted by Gasteiger charge is 2.28. The Bertz CT molecular complexity index is 717. The van der Waals surface area contributed by atoms with Crippen LogP contribution in [0, 0.1) is 10.1 Å². The number of nitrogens with two attached hydrogens (primary N) is 1. The minimum Gasteiger partial charge on any atom is -0.460 e. The van der Waals surface area contributed by atoms with Gasteiger partial charge in [0.2, 0.25) is 0 Å². The molecule has 0 saturated heterocycles. The van der Waals surface area contributed by atoms with E-state index in [2.05, 4.69) is 4.99 Å². The highest BCUT2D eigenvalue weighted by atomic mass is 32.2. The van der Waals surface area contributed by atoms with Crippen molar-refractivity contribution in [3.8, 4) is 0 Å². The number of esters is 1. The molecule has 1 aromatic rings. The Balaban J connectivity index is 2.44. The molecule has 1 aromatic carbocycles. The van der Waals surface area contributed by atoms with Crippen LogP contribution in [0.1, 0.15) is 12.5 Å². The molecule has 0 radical (unpaired) electrons. The zero-order valence-electron chi connectivity index (χ0n) is 13.2. The van der Waals surface area contributed by atoms with Gasteiger partial charge in [-0.05, 0) is 12.5 Å². The lowest BCUT2D eigenvalue weighted by Gasteiger charge is -2.21. The molecule has 9 heteroatoms. The minimum absolute atomic E-state index is 0.0681. The quantitative estimate of drug-likeness (QED) is 0.360. The van der Waals surface area contributed by atoms with E-state index in [4.69, 9.17) is 15.2 Å². The van der Waals surface area contributed by atoms with Crippen LogP contribution >= 0.6 is 11.8 Å². The molecule has 1 unspecified atom stereocenters. The summed E-state index contributed by atoms with van der Waals surface area (Å²) < 4.78 is 10.0. The van der Waals surface area contributed by atoms with Gasteiger partial charge < -0.3 is 15.2 Å². The second kappa shape index (κ2) is 8.04. The molecule has 128 valence electrons. The van der Waals surface area contributed by atoms with Gasteiger partial charge in [-0.15, -0.1) is 0 Å². The molecule has 2 N–H and O–H groups in total. The van der Waals surface area contributed by atoms with Crippen molar-refractivity contribution in [1.29, 1.82) is 0 Å². The Kier molecular flexibility index (Phi) is 6.07. The standard InChI is InChI=1S/C15H17N3O5S/c1-9-12(14(19)23-7-6-22-2)13(24-15(16)17-9)10-4-3-5-11(8-10)18(20)21/h3-5,8,15H,6-7,16H2,1-2H3. The minimum atomic E-state index is -0.588. The summed E-state index contributed by atoms with van der Waals surface area (Å²) in [6, 6.07) is 6.02. The molecule has 0 spiro atoms. The molecule has 24 heavy (non-hydrogen) atoms. The van der Waals surface area contributed by atoms with Gasteiger partial charge in [-0.1, -0.05) is 23.9 Å². The van der Waals surface area contributed by atoms with Gasteiger partial charge in [-0.25, -0.2) is 4.79 Å². The van der Waals surface area contributed by atoms with Crippen LogP contribution in [0.3, 0.4) is 0 Å². The molecule has 0 bridgehead atoms. The van der Waals surface area contributed by atoms with Gasteiger partial charge in [0.25, 0.3) is 5.69 Å². The molecule has 0 saturated carbocycles. The monoisotopic (exact) mass is 351 g/mol. The average Bonchev–Trinajstić information content (AvgIpc) is 2.54. The van der Waals surface area contributed by atoms with E-state index < -0.39 is 16.4 Å². The van der Waals surface area contributed by atoms with E-state index in [1.54, 1.807) is 19.1 Å². The van der Waals surface area contributed by atoms with Gasteiger partial charge >= 0.3 is 5.97 Å². The van der Waals surface area contributed by atoms with Crippen LogP contribution in [0.4, 0.5) is 5.69 Å². The number of nitro groups is 1. The van der Waals surface area contributed by atoms with E-state index in [9.17, 15) is 14.9 Å². The number of carbonyl (C=O) groups is 1. The van der Waals surface area contributed by atoms with Gasteiger partial charge in [0.15, 0.2) is 0 Å². The number of nitro benzene ring substituents is 1. The van der Waals surface area contributed by atoms with E-state index in [0.717, 1.165) is 11.8 Å². The molecule has 1 heterocycles. The van der Waals surface area contributed by atoms with Crippen LogP contribution in [-0.4, -0.2) is 42.4 Å². The average molecular weight is 351 g/mol. The van der Waals surface area contributed by atoms with E-state index in [1.807, 2.05) is 0 Å². The van der Waals surface area contributed by atoms with Crippen molar-refractivity contribution in [3.63, 3.8) is 0 Å². The maximum absolute atomic E-state index is 12.4. The number of hydrogen-bond acceptors (Lipinski definition) is 8. The van der Waals surface area contributed by atoms with Crippen molar-refractivity contribution in [2.45, 2.75) is 12.4 Å². The first-order valence-corrected chi connectivity index (χ1v) is 7.94. The lowest BCUT2D eigenvalue weighted by molar-refractivity contribution is -0.384. The topological polar surface area (TPSA) is 117 Å². The van der Waals surface area contributed by atoms with Crippen molar-refractivity contribution in [2.75, 3.05) is 20.3 Å². The number of thioether (sulfide) groups is 1. The molecule has 0 amide bonds. The van der Waals surface area contributed by atoms with E-state index >= 15 is 0 Å². The number of carbonyl (C=O) groups excluding carboxylic acids is 1. The zero-order chi connectivity index (χ0) is 17.7. The summed E-state index contributed by atoms with van der Waals surface area (Å²) in [5, 5.41) is 11.0. The Hall–Kier alpha value is -2.23. The maximum Gasteiger partial charge on any atom is 0.341 e. The summed E-state index contributed by atoms with van der Waals surface area (Å²) in [7, 11) is 1.50. The first kappa shape index (κ1) is 18.1. The van der Waals surface area contributed by atoms with Crippen molar-refractivity contribution in [3.05, 3.63) is 45.5 Å². The fraction of sp³-hybridized carbons (Fsp3) is 0.333. The second-order valence-electron chi connectivity index (χ2n) is 4.86. The predicted molar refractivity (Wildman–Crippen MR) is 91.5 cm³/mol. The van der Waals surface area contributed by atoms with Crippen molar-refractivity contribution in [1.82, 2.24) is 0 Å². The SMILES string of the molecule is COCCOC(=O)C1=C(c2cccc([N+](=O)[O-])c2)SC(N)N=C1C. The second-order valence-corrected chi connectivity index (χ2v) is 5.99. The zero-order valence-corrected chi connectivity index (χ0v) is 14.0. The van der Waals surface area contributed by atoms with Gasteiger partial charge in [0, 0.05) is 24.1 Å². The normalized spacial score (nSPS) is 17.5. The Morgan fingerprint density at radius 3 is 2.88 bits per heavy atom. The molecule has 1 aliphatic rings. The number of methoxy groups -OCH3 is 1. The van der Waals surface area contributed by atoms with Gasteiger partial charge in [-0.3, -0.25) is 15.1 Å². The van der Waals surface area contributed by atoms with Gasteiger partial charge in [0.1, 0.15) is 12.1 Å². The Labute approximate surface area is 142 Å². The number of benzene rings is 1. The van der Waals surface area contributed by atoms with Crippen LogP contribution in [-0.2, 0) is 14.3 Å². The van der Waals surface area contributed by atoms with Crippen LogP contribution in [0.15, 0.2) is 34.8 Å². The summed E-state index contributed by atoms with van der Waals surface area (Å²) in [6.45, 7) is 2.03. The largest absolute Gasteiger partial charge is 0.460 e. The molecule has 1 aliphatic heterocycles. The first-order chi connectivity index (χ1) is 11.4. The molecular weight excluding hydrogens is 334 g/mol. The van der Waals surface area contributed by atoms with Crippen LogP contribution in [0.2, 0.25) is 0 Å². The van der Waals surface area contributed by atoms with Gasteiger partial charge in [0.05, 0.1) is 22.8 Å². The molecule has 1 atom stereocenters.